The molecule has 5 nitrogen and oxygen atoms in total. The van der Waals surface area contributed by atoms with Crippen LogP contribution in [-0.4, -0.2) is 30.9 Å². The fourth-order valence-electron chi connectivity index (χ4n) is 2.86. The van der Waals surface area contributed by atoms with Gasteiger partial charge in [-0.05, 0) is 60.2 Å². The number of aliphatic carboxylic acids is 1. The minimum Gasteiger partial charge on any atom is -0.490 e. The summed E-state index contributed by atoms with van der Waals surface area (Å²) in [6, 6.07) is 11.6. The standard InChI is InChI=1S/C24H30O5/c1-6-27-22-16-18(9-12-23(25)26)8-11-20(22)28-13-14-29-21-15-17(2)7-10-19(21)24(3,4)5/h7-12,15-16H,6,13-14H2,1-5H3,(H,25,26). The lowest BCUT2D eigenvalue weighted by atomic mass is 9.86. The van der Waals surface area contributed by atoms with Gasteiger partial charge in [-0.15, -0.1) is 0 Å². The van der Waals surface area contributed by atoms with Crippen LogP contribution in [0.4, 0.5) is 0 Å². The molecule has 0 radical (unpaired) electrons. The molecule has 0 bridgehead atoms. The second kappa shape index (κ2) is 10.0. The summed E-state index contributed by atoms with van der Waals surface area (Å²) in [4.78, 5) is 10.7. The lowest BCUT2D eigenvalue weighted by molar-refractivity contribution is -0.131. The highest BCUT2D eigenvalue weighted by atomic mass is 16.5. The average Bonchev–Trinajstić information content (AvgIpc) is 2.64. The zero-order chi connectivity index (χ0) is 21.4. The number of benzene rings is 2. The van der Waals surface area contributed by atoms with Gasteiger partial charge in [0, 0.05) is 6.08 Å². The Kier molecular flexibility index (Phi) is 7.71. The number of ether oxygens (including phenoxy) is 3. The van der Waals surface area contributed by atoms with Crippen LogP contribution in [0.3, 0.4) is 0 Å². The predicted molar refractivity (Wildman–Crippen MR) is 115 cm³/mol. The SMILES string of the molecule is CCOc1cc(C=CC(=O)O)ccc1OCCOc1cc(C)ccc1C(C)(C)C. The maximum atomic E-state index is 10.7. The van der Waals surface area contributed by atoms with Gasteiger partial charge in [0.2, 0.25) is 0 Å². The van der Waals surface area contributed by atoms with Gasteiger partial charge in [-0.1, -0.05) is 39.0 Å². The van der Waals surface area contributed by atoms with Crippen LogP contribution in [0.1, 0.15) is 44.4 Å². The number of hydrogen-bond acceptors (Lipinski definition) is 4. The molecule has 0 aliphatic heterocycles. The van der Waals surface area contributed by atoms with Gasteiger partial charge in [0.25, 0.3) is 0 Å². The summed E-state index contributed by atoms with van der Waals surface area (Å²) >= 11 is 0. The molecule has 0 unspecified atom stereocenters. The van der Waals surface area contributed by atoms with Crippen LogP contribution in [0.15, 0.2) is 42.5 Å². The molecule has 0 atom stereocenters. The van der Waals surface area contributed by atoms with Gasteiger partial charge in [0.1, 0.15) is 19.0 Å². The maximum Gasteiger partial charge on any atom is 0.328 e. The Morgan fingerprint density at radius 1 is 0.966 bits per heavy atom. The van der Waals surface area contributed by atoms with Crippen LogP contribution < -0.4 is 14.2 Å². The molecule has 0 aromatic heterocycles. The van der Waals surface area contributed by atoms with Crippen molar-refractivity contribution < 1.29 is 24.1 Å². The van der Waals surface area contributed by atoms with Crippen LogP contribution in [0.2, 0.25) is 0 Å². The van der Waals surface area contributed by atoms with Crippen LogP contribution in [0, 0.1) is 6.92 Å². The average molecular weight is 398 g/mol. The van der Waals surface area contributed by atoms with E-state index in [9.17, 15) is 4.79 Å². The summed E-state index contributed by atoms with van der Waals surface area (Å²) in [6.45, 7) is 11.7. The van der Waals surface area contributed by atoms with Crippen molar-refractivity contribution in [3.05, 3.63) is 59.2 Å². The minimum atomic E-state index is -0.994. The molecule has 1 N–H and O–H groups in total. The normalized spacial score (nSPS) is 11.5. The predicted octanol–water partition coefficient (Wildman–Crippen LogP) is 5.25. The molecule has 0 aliphatic rings. The monoisotopic (exact) mass is 398 g/mol. The van der Waals surface area contributed by atoms with Gasteiger partial charge in [-0.25, -0.2) is 4.79 Å². The number of carboxylic acid groups (broad SMARTS) is 1. The van der Waals surface area contributed by atoms with Crippen molar-refractivity contribution in [1.29, 1.82) is 0 Å². The van der Waals surface area contributed by atoms with E-state index >= 15 is 0 Å². The van der Waals surface area contributed by atoms with Crippen LogP contribution in [-0.2, 0) is 10.2 Å². The van der Waals surface area contributed by atoms with E-state index in [4.69, 9.17) is 19.3 Å². The summed E-state index contributed by atoms with van der Waals surface area (Å²) in [7, 11) is 0. The molecule has 0 saturated heterocycles. The van der Waals surface area contributed by atoms with E-state index in [2.05, 4.69) is 39.0 Å². The first kappa shape index (κ1) is 22.3. The van der Waals surface area contributed by atoms with Crippen LogP contribution >= 0.6 is 0 Å². The molecular formula is C24H30O5. The first-order valence-corrected chi connectivity index (χ1v) is 9.75. The summed E-state index contributed by atoms with van der Waals surface area (Å²) in [5.41, 5.74) is 3.03. The number of carbonyl (C=O) groups is 1. The first-order valence-electron chi connectivity index (χ1n) is 9.75. The molecule has 0 spiro atoms. The second-order valence-electron chi connectivity index (χ2n) is 7.76. The third kappa shape index (κ3) is 6.86. The number of carboxylic acids is 1. The fraction of sp³-hybridized carbons (Fsp3) is 0.375. The maximum absolute atomic E-state index is 10.7. The highest BCUT2D eigenvalue weighted by molar-refractivity contribution is 5.85. The summed E-state index contributed by atoms with van der Waals surface area (Å²) in [6.07, 6.45) is 2.61. The van der Waals surface area contributed by atoms with Crippen molar-refractivity contribution in [2.75, 3.05) is 19.8 Å². The number of hydrogen-bond donors (Lipinski definition) is 1. The Bertz CT molecular complexity index is 862. The Balaban J connectivity index is 2.04. The summed E-state index contributed by atoms with van der Waals surface area (Å²) < 4.78 is 17.5. The van der Waals surface area contributed by atoms with E-state index in [1.54, 1.807) is 18.2 Å². The van der Waals surface area contributed by atoms with E-state index in [-0.39, 0.29) is 5.41 Å². The Labute approximate surface area is 172 Å². The molecule has 0 amide bonds. The molecule has 156 valence electrons. The van der Waals surface area contributed by atoms with Crippen molar-refractivity contribution in [2.45, 2.75) is 40.0 Å². The zero-order valence-corrected chi connectivity index (χ0v) is 17.8. The molecular weight excluding hydrogens is 368 g/mol. The number of rotatable bonds is 9. The summed E-state index contributed by atoms with van der Waals surface area (Å²) in [5, 5.41) is 8.77. The molecule has 0 heterocycles. The van der Waals surface area contributed by atoms with E-state index in [1.165, 1.54) is 6.08 Å². The molecule has 0 saturated carbocycles. The molecule has 0 aliphatic carbocycles. The Morgan fingerprint density at radius 3 is 2.28 bits per heavy atom. The topological polar surface area (TPSA) is 65.0 Å². The smallest absolute Gasteiger partial charge is 0.328 e. The minimum absolute atomic E-state index is 0.00860. The van der Waals surface area contributed by atoms with Gasteiger partial charge in [0.15, 0.2) is 11.5 Å². The van der Waals surface area contributed by atoms with Gasteiger partial charge in [-0.2, -0.15) is 0 Å². The van der Waals surface area contributed by atoms with Gasteiger partial charge in [-0.3, -0.25) is 0 Å². The lowest BCUT2D eigenvalue weighted by Crippen LogP contribution is -2.16. The second-order valence-corrected chi connectivity index (χ2v) is 7.76. The first-order chi connectivity index (χ1) is 13.7. The van der Waals surface area contributed by atoms with Crippen molar-refractivity contribution in [3.63, 3.8) is 0 Å². The van der Waals surface area contributed by atoms with E-state index in [1.807, 2.05) is 13.8 Å². The van der Waals surface area contributed by atoms with E-state index in [0.717, 1.165) is 28.5 Å². The Morgan fingerprint density at radius 2 is 1.66 bits per heavy atom. The third-order valence-electron chi connectivity index (χ3n) is 4.23. The van der Waals surface area contributed by atoms with E-state index < -0.39 is 5.97 Å². The number of aryl methyl sites for hydroxylation is 1. The van der Waals surface area contributed by atoms with Crippen LogP contribution in [0.5, 0.6) is 17.2 Å². The third-order valence-corrected chi connectivity index (χ3v) is 4.23. The highest BCUT2D eigenvalue weighted by Crippen LogP contribution is 2.32. The molecule has 2 aromatic rings. The van der Waals surface area contributed by atoms with Gasteiger partial charge >= 0.3 is 5.97 Å². The van der Waals surface area contributed by atoms with Crippen molar-refractivity contribution in [2.24, 2.45) is 0 Å². The highest BCUT2D eigenvalue weighted by Gasteiger charge is 2.19. The summed E-state index contributed by atoms with van der Waals surface area (Å²) in [5.74, 6) is 1.06. The van der Waals surface area contributed by atoms with Crippen molar-refractivity contribution in [3.8, 4) is 17.2 Å². The molecule has 2 rings (SSSR count). The van der Waals surface area contributed by atoms with Gasteiger partial charge < -0.3 is 19.3 Å². The van der Waals surface area contributed by atoms with Crippen molar-refractivity contribution >= 4 is 12.0 Å². The molecule has 29 heavy (non-hydrogen) atoms. The molecule has 0 fully saturated rings. The Hall–Kier alpha value is -2.95. The van der Waals surface area contributed by atoms with E-state index in [0.29, 0.717) is 31.3 Å². The fourth-order valence-corrected chi connectivity index (χ4v) is 2.86. The molecule has 5 heteroatoms. The van der Waals surface area contributed by atoms with Crippen LogP contribution in [0.25, 0.3) is 6.08 Å². The zero-order valence-electron chi connectivity index (χ0n) is 17.8. The van der Waals surface area contributed by atoms with Crippen molar-refractivity contribution in [1.82, 2.24) is 0 Å². The largest absolute Gasteiger partial charge is 0.490 e. The van der Waals surface area contributed by atoms with Gasteiger partial charge in [0.05, 0.1) is 6.61 Å². The quantitative estimate of drug-likeness (QED) is 0.462. The molecule has 2 aromatic carbocycles. The lowest BCUT2D eigenvalue weighted by Gasteiger charge is -2.23.